The molecule has 42 heavy (non-hydrogen) atoms. The zero-order valence-electron chi connectivity index (χ0n) is 27.3. The molecule has 0 aliphatic carbocycles. The van der Waals surface area contributed by atoms with Crippen molar-refractivity contribution in [2.24, 2.45) is 0 Å². The molecule has 1 N–H and O–H groups in total. The van der Waals surface area contributed by atoms with Crippen molar-refractivity contribution in [1.29, 1.82) is 0 Å². The summed E-state index contributed by atoms with van der Waals surface area (Å²) in [6, 6.07) is 0. The summed E-state index contributed by atoms with van der Waals surface area (Å²) in [5.41, 5.74) is 0. The van der Waals surface area contributed by atoms with E-state index in [1.807, 2.05) is 0 Å². The zero-order valence-corrected chi connectivity index (χ0v) is 27.3. The summed E-state index contributed by atoms with van der Waals surface area (Å²) >= 11 is 0. The van der Waals surface area contributed by atoms with Gasteiger partial charge < -0.3 is 9.84 Å². The molecule has 0 rings (SSSR count). The van der Waals surface area contributed by atoms with Crippen LogP contribution < -0.4 is 0 Å². The molecule has 1 atom stereocenters. The second-order valence-electron chi connectivity index (χ2n) is 11.3. The van der Waals surface area contributed by atoms with E-state index in [2.05, 4.69) is 74.6 Å². The predicted octanol–water partition coefficient (Wildman–Crippen LogP) is 11.2. The van der Waals surface area contributed by atoms with Gasteiger partial charge in [0.05, 0.1) is 6.10 Å². The van der Waals surface area contributed by atoms with E-state index in [-0.39, 0.29) is 12.5 Å². The molecule has 0 amide bonds. The van der Waals surface area contributed by atoms with Gasteiger partial charge >= 0.3 is 11.9 Å². The van der Waals surface area contributed by atoms with E-state index in [4.69, 9.17) is 4.74 Å². The molecule has 0 radical (unpaired) electrons. The molecule has 4 nitrogen and oxygen atoms in total. The number of carbonyl (C=O) groups excluding carboxylic acids is 2. The smallest absolute Gasteiger partial charge is 0.313 e. The van der Waals surface area contributed by atoms with E-state index in [1.54, 1.807) is 0 Å². The molecule has 0 heterocycles. The van der Waals surface area contributed by atoms with E-state index in [0.29, 0.717) is 12.8 Å². The van der Waals surface area contributed by atoms with E-state index in [1.165, 1.54) is 44.9 Å². The molecule has 0 unspecified atom stereocenters. The highest BCUT2D eigenvalue weighted by atomic mass is 16.6. The fraction of sp³-hybridized carbons (Fsp3) is 0.684. The maximum Gasteiger partial charge on any atom is 0.313 e. The van der Waals surface area contributed by atoms with Gasteiger partial charge in [-0.2, -0.15) is 0 Å². The van der Waals surface area contributed by atoms with E-state index < -0.39 is 11.9 Å². The molecule has 0 saturated carbocycles. The summed E-state index contributed by atoms with van der Waals surface area (Å²) < 4.78 is 4.95. The number of unbranched alkanes of at least 4 members (excludes halogenated alkanes) is 12. The zero-order chi connectivity index (χ0) is 30.8. The Morgan fingerprint density at radius 2 is 0.952 bits per heavy atom. The lowest BCUT2D eigenvalue weighted by molar-refractivity contribution is -0.159. The van der Waals surface area contributed by atoms with Crippen molar-refractivity contribution in [3.05, 3.63) is 60.8 Å². The first-order chi connectivity index (χ1) is 20.6. The monoisotopic (exact) mass is 584 g/mol. The number of hydrogen-bond acceptors (Lipinski definition) is 4. The highest BCUT2D eigenvalue weighted by Gasteiger charge is 2.09. The van der Waals surface area contributed by atoms with Crippen molar-refractivity contribution in [3.63, 3.8) is 0 Å². The number of esters is 2. The predicted molar refractivity (Wildman–Crippen MR) is 180 cm³/mol. The minimum atomic E-state index is -0.409. The SMILES string of the molecule is CCCCCC=CCC=CCC=CCC=CCCCC(=O)OC(=O)CCCCCCC/C=C\C[C@H](O)CCCCCC. The van der Waals surface area contributed by atoms with Gasteiger partial charge in [0.1, 0.15) is 0 Å². The number of rotatable bonds is 29. The molecule has 0 bridgehead atoms. The fourth-order valence-corrected chi connectivity index (χ4v) is 4.51. The van der Waals surface area contributed by atoms with Crippen LogP contribution >= 0.6 is 0 Å². The Balaban J connectivity index is 3.56. The summed E-state index contributed by atoms with van der Waals surface area (Å²) in [6.45, 7) is 4.44. The number of ether oxygens (including phenoxy) is 1. The number of allylic oxidation sites excluding steroid dienone is 9. The van der Waals surface area contributed by atoms with Crippen LogP contribution in [-0.4, -0.2) is 23.1 Å². The molecular weight excluding hydrogens is 520 g/mol. The van der Waals surface area contributed by atoms with Crippen LogP contribution in [0, 0.1) is 0 Å². The molecule has 240 valence electrons. The first-order valence-corrected chi connectivity index (χ1v) is 17.3. The van der Waals surface area contributed by atoms with Gasteiger partial charge in [0, 0.05) is 12.8 Å². The van der Waals surface area contributed by atoms with Gasteiger partial charge in [-0.1, -0.05) is 132 Å². The third-order valence-electron chi connectivity index (χ3n) is 7.15. The standard InChI is InChI=1S/C38H64O4/c1-3-5-7-9-10-11-12-13-14-15-16-17-18-19-23-26-30-34-37(40)42-38(41)35-31-27-24-21-20-22-25-29-33-36(39)32-28-8-6-4-2/h10-11,13-14,16-17,19,23,25,29,36,39H,3-9,12,15,18,20-22,24,26-28,30-35H2,1-2H3/b11-10?,14-13?,17-16?,23-19?,29-25-/t36-/m1/s1. The maximum atomic E-state index is 11.9. The third kappa shape index (κ3) is 32.3. The highest BCUT2D eigenvalue weighted by molar-refractivity contribution is 5.85. The summed E-state index contributed by atoms with van der Waals surface area (Å²) in [6.07, 6.45) is 44.3. The Morgan fingerprint density at radius 1 is 0.524 bits per heavy atom. The number of aliphatic hydroxyl groups is 1. The summed E-state index contributed by atoms with van der Waals surface area (Å²) in [5.74, 6) is -0.803. The van der Waals surface area contributed by atoms with E-state index in [9.17, 15) is 14.7 Å². The van der Waals surface area contributed by atoms with Crippen molar-refractivity contribution in [3.8, 4) is 0 Å². The average molecular weight is 585 g/mol. The van der Waals surface area contributed by atoms with Crippen molar-refractivity contribution in [2.75, 3.05) is 0 Å². The topological polar surface area (TPSA) is 63.6 Å². The van der Waals surface area contributed by atoms with E-state index >= 15 is 0 Å². The molecule has 0 spiro atoms. The normalized spacial score (nSPS) is 13.0. The van der Waals surface area contributed by atoms with Crippen LogP contribution in [0.25, 0.3) is 0 Å². The minimum absolute atomic E-state index is 0.199. The van der Waals surface area contributed by atoms with Gasteiger partial charge in [-0.05, 0) is 77.0 Å². The quantitative estimate of drug-likeness (QED) is 0.0411. The molecule has 0 aromatic carbocycles. The third-order valence-corrected chi connectivity index (χ3v) is 7.15. The number of aliphatic hydroxyl groups excluding tert-OH is 1. The van der Waals surface area contributed by atoms with Gasteiger partial charge in [-0.15, -0.1) is 0 Å². The lowest BCUT2D eigenvalue weighted by Crippen LogP contribution is -2.11. The van der Waals surface area contributed by atoms with Crippen LogP contribution in [0.4, 0.5) is 0 Å². The van der Waals surface area contributed by atoms with Gasteiger partial charge in [0.15, 0.2) is 0 Å². The molecule has 0 fully saturated rings. The van der Waals surface area contributed by atoms with Crippen molar-refractivity contribution < 1.29 is 19.4 Å². The Bertz CT molecular complexity index is 759. The molecule has 0 aliphatic heterocycles. The van der Waals surface area contributed by atoms with Crippen LogP contribution in [0.1, 0.15) is 162 Å². The van der Waals surface area contributed by atoms with Crippen molar-refractivity contribution >= 4 is 11.9 Å². The first kappa shape index (κ1) is 39.8. The van der Waals surface area contributed by atoms with Crippen LogP contribution in [0.3, 0.4) is 0 Å². The molecular formula is C38H64O4. The highest BCUT2D eigenvalue weighted by Crippen LogP contribution is 2.11. The Kier molecular flexibility index (Phi) is 31.6. The van der Waals surface area contributed by atoms with Gasteiger partial charge in [0.2, 0.25) is 0 Å². The largest absolute Gasteiger partial charge is 0.393 e. The van der Waals surface area contributed by atoms with Crippen LogP contribution in [0.5, 0.6) is 0 Å². The maximum absolute atomic E-state index is 11.9. The second-order valence-corrected chi connectivity index (χ2v) is 11.3. The first-order valence-electron chi connectivity index (χ1n) is 17.3. The van der Waals surface area contributed by atoms with Gasteiger partial charge in [0.25, 0.3) is 0 Å². The Morgan fingerprint density at radius 3 is 1.57 bits per heavy atom. The van der Waals surface area contributed by atoms with Crippen LogP contribution in [-0.2, 0) is 14.3 Å². The summed E-state index contributed by atoms with van der Waals surface area (Å²) in [4.78, 5) is 23.8. The fourth-order valence-electron chi connectivity index (χ4n) is 4.51. The molecule has 4 heteroatoms. The minimum Gasteiger partial charge on any atom is -0.393 e. The summed E-state index contributed by atoms with van der Waals surface area (Å²) in [5, 5.41) is 9.97. The Labute approximate surface area is 259 Å². The van der Waals surface area contributed by atoms with Gasteiger partial charge in [-0.3, -0.25) is 9.59 Å². The summed E-state index contributed by atoms with van der Waals surface area (Å²) in [7, 11) is 0. The Hall–Kier alpha value is -2.20. The molecule has 0 aliphatic rings. The molecule has 0 aromatic heterocycles. The van der Waals surface area contributed by atoms with Gasteiger partial charge in [-0.25, -0.2) is 0 Å². The van der Waals surface area contributed by atoms with Crippen molar-refractivity contribution in [1.82, 2.24) is 0 Å². The van der Waals surface area contributed by atoms with Crippen molar-refractivity contribution in [2.45, 2.75) is 168 Å². The van der Waals surface area contributed by atoms with E-state index in [0.717, 1.165) is 83.5 Å². The lowest BCUT2D eigenvalue weighted by atomic mass is 10.1. The van der Waals surface area contributed by atoms with Crippen LogP contribution in [0.2, 0.25) is 0 Å². The number of carbonyl (C=O) groups is 2. The molecule has 0 aromatic rings. The lowest BCUT2D eigenvalue weighted by Gasteiger charge is -2.07. The van der Waals surface area contributed by atoms with Crippen LogP contribution in [0.15, 0.2) is 60.8 Å². The average Bonchev–Trinajstić information content (AvgIpc) is 2.97. The second kappa shape index (κ2) is 33.3. The number of hydrogen-bond donors (Lipinski definition) is 1. The molecule has 0 saturated heterocycles.